The molecule has 2 aromatic rings. The first-order valence-electron chi connectivity index (χ1n) is 8.46. The molecule has 1 fully saturated rings. The first-order chi connectivity index (χ1) is 11.6. The number of piperidine rings is 1. The van der Waals surface area contributed by atoms with Crippen molar-refractivity contribution in [1.82, 2.24) is 4.90 Å². The van der Waals surface area contributed by atoms with Crippen molar-refractivity contribution >= 4 is 34.9 Å². The van der Waals surface area contributed by atoms with Gasteiger partial charge in [-0.15, -0.1) is 23.5 Å². The van der Waals surface area contributed by atoms with Crippen LogP contribution in [-0.2, 0) is 6.42 Å². The maximum atomic E-state index is 5.94. The van der Waals surface area contributed by atoms with Crippen molar-refractivity contribution in [2.45, 2.75) is 33.1 Å². The Balaban J connectivity index is 1.32. The Hall–Kier alpha value is -1.30. The molecule has 0 atom stereocenters. The summed E-state index contributed by atoms with van der Waals surface area (Å²) in [7, 11) is 0. The quantitative estimate of drug-likeness (QED) is 0.811. The van der Waals surface area contributed by atoms with Gasteiger partial charge >= 0.3 is 0 Å². The summed E-state index contributed by atoms with van der Waals surface area (Å²) >= 11 is 4.09. The molecule has 126 valence electrons. The minimum atomic E-state index is 0.327. The maximum Gasteiger partial charge on any atom is 0.0730 e. The molecule has 0 bridgehead atoms. The van der Waals surface area contributed by atoms with Gasteiger partial charge in [-0.1, -0.05) is 12.1 Å². The molecule has 0 radical (unpaired) electrons. The lowest BCUT2D eigenvalue weighted by Crippen LogP contribution is -2.40. The monoisotopic (exact) mass is 357 g/mol. The number of hydrogen-bond acceptors (Lipinski definition) is 5. The number of fused-ring (bicyclic) bond motifs is 1. The summed E-state index contributed by atoms with van der Waals surface area (Å²) in [5.74, 6) is 0. The van der Waals surface area contributed by atoms with E-state index in [0.29, 0.717) is 4.08 Å². The lowest BCUT2D eigenvalue weighted by atomic mass is 10.1. The predicted molar refractivity (Wildman–Crippen MR) is 106 cm³/mol. The Morgan fingerprint density at radius 3 is 2.29 bits per heavy atom. The van der Waals surface area contributed by atoms with Crippen molar-refractivity contribution in [1.29, 1.82) is 0 Å². The van der Waals surface area contributed by atoms with Crippen molar-refractivity contribution in [2.24, 2.45) is 0 Å². The second kappa shape index (κ2) is 6.54. The molecule has 2 aliphatic rings. The fourth-order valence-electron chi connectivity index (χ4n) is 3.40. The van der Waals surface area contributed by atoms with Crippen LogP contribution >= 0.6 is 23.5 Å². The maximum absolute atomic E-state index is 5.94. The summed E-state index contributed by atoms with van der Waals surface area (Å²) in [6, 6.07) is 14.6. The fourth-order valence-corrected chi connectivity index (χ4v) is 6.59. The van der Waals surface area contributed by atoms with Crippen LogP contribution in [0.15, 0.2) is 52.3 Å². The van der Waals surface area contributed by atoms with Gasteiger partial charge in [0.05, 0.1) is 4.08 Å². The number of benzene rings is 2. The van der Waals surface area contributed by atoms with E-state index in [1.54, 1.807) is 0 Å². The number of nitrogens with zero attached hydrogens (tertiary/aromatic N) is 1. The van der Waals surface area contributed by atoms with Crippen molar-refractivity contribution < 1.29 is 0 Å². The Morgan fingerprint density at radius 2 is 1.54 bits per heavy atom. The van der Waals surface area contributed by atoms with Crippen LogP contribution in [0.1, 0.15) is 18.4 Å². The van der Waals surface area contributed by atoms with Crippen molar-refractivity contribution in [3.8, 4) is 0 Å². The third-order valence-electron chi connectivity index (χ3n) is 4.87. The number of nitrogens with two attached hydrogens (primary N) is 2. The van der Waals surface area contributed by atoms with Crippen LogP contribution in [0.4, 0.5) is 11.4 Å². The summed E-state index contributed by atoms with van der Waals surface area (Å²) in [5.41, 5.74) is 14.8. The molecule has 4 rings (SSSR count). The number of nitrogen functional groups attached to an aromatic ring is 2. The zero-order valence-electron chi connectivity index (χ0n) is 13.7. The molecule has 2 heterocycles. The molecule has 0 aliphatic carbocycles. The van der Waals surface area contributed by atoms with Crippen molar-refractivity contribution in [3.63, 3.8) is 0 Å². The number of hydrogen-bond donors (Lipinski definition) is 2. The molecule has 1 spiro atoms. The predicted octanol–water partition coefficient (Wildman–Crippen LogP) is 4.08. The summed E-state index contributed by atoms with van der Waals surface area (Å²) in [6.45, 7) is 3.49. The second-order valence-corrected chi connectivity index (χ2v) is 9.76. The number of thioether (sulfide) groups is 2. The third-order valence-corrected chi connectivity index (χ3v) is 8.20. The van der Waals surface area contributed by atoms with E-state index >= 15 is 0 Å². The van der Waals surface area contributed by atoms with Crippen LogP contribution in [0.5, 0.6) is 0 Å². The Kier molecular flexibility index (Phi) is 4.41. The Morgan fingerprint density at radius 1 is 0.875 bits per heavy atom. The van der Waals surface area contributed by atoms with Crippen molar-refractivity contribution in [3.05, 3.63) is 48.0 Å². The summed E-state index contributed by atoms with van der Waals surface area (Å²) in [6.07, 6.45) is 3.57. The largest absolute Gasteiger partial charge is 0.399 e. The molecule has 2 aliphatic heterocycles. The zero-order chi connectivity index (χ0) is 16.6. The van der Waals surface area contributed by atoms with E-state index in [9.17, 15) is 0 Å². The van der Waals surface area contributed by atoms with Gasteiger partial charge in [0.25, 0.3) is 0 Å². The van der Waals surface area contributed by atoms with Gasteiger partial charge in [0.15, 0.2) is 0 Å². The average molecular weight is 358 g/mol. The van der Waals surface area contributed by atoms with Crippen LogP contribution in [0.2, 0.25) is 0 Å². The molecule has 0 amide bonds. The highest BCUT2D eigenvalue weighted by Gasteiger charge is 2.41. The minimum Gasteiger partial charge on any atom is -0.399 e. The lowest BCUT2D eigenvalue weighted by molar-refractivity contribution is 0.228. The number of rotatable bonds is 3. The minimum absolute atomic E-state index is 0.327. The lowest BCUT2D eigenvalue weighted by Gasteiger charge is -2.37. The second-order valence-electron chi connectivity index (χ2n) is 6.65. The number of anilines is 2. The summed E-state index contributed by atoms with van der Waals surface area (Å²) in [4.78, 5) is 5.37. The topological polar surface area (TPSA) is 55.3 Å². The van der Waals surface area contributed by atoms with E-state index in [0.717, 1.165) is 24.3 Å². The van der Waals surface area contributed by atoms with Gasteiger partial charge < -0.3 is 16.4 Å². The highest BCUT2D eigenvalue weighted by molar-refractivity contribution is 8.20. The molecule has 0 saturated carbocycles. The van der Waals surface area contributed by atoms with E-state index in [4.69, 9.17) is 11.5 Å². The fraction of sp³-hybridized carbons (Fsp3) is 0.368. The van der Waals surface area contributed by atoms with Gasteiger partial charge in [0.1, 0.15) is 0 Å². The smallest absolute Gasteiger partial charge is 0.0730 e. The van der Waals surface area contributed by atoms with Gasteiger partial charge in [-0.25, -0.2) is 0 Å². The van der Waals surface area contributed by atoms with E-state index in [-0.39, 0.29) is 0 Å². The van der Waals surface area contributed by atoms with Crippen LogP contribution in [0.25, 0.3) is 0 Å². The summed E-state index contributed by atoms with van der Waals surface area (Å²) in [5, 5.41) is 0. The molecular weight excluding hydrogens is 334 g/mol. The molecule has 5 heteroatoms. The van der Waals surface area contributed by atoms with E-state index in [1.807, 2.05) is 30.0 Å². The standard InChI is InChI=1S/C19H23N3S2/c20-15-3-1-14(2-4-15)7-10-22-11-8-19(9-12-22)23-17-6-5-16(21)13-18(17)24-19/h1-6,13H,7-12,20-21H2. The van der Waals surface area contributed by atoms with Crippen molar-refractivity contribution in [2.75, 3.05) is 31.1 Å². The molecule has 0 aromatic heterocycles. The Labute approximate surface area is 152 Å². The van der Waals surface area contributed by atoms with Crippen LogP contribution in [0.3, 0.4) is 0 Å². The molecule has 3 nitrogen and oxygen atoms in total. The van der Waals surface area contributed by atoms with Crippen LogP contribution < -0.4 is 11.5 Å². The molecule has 24 heavy (non-hydrogen) atoms. The van der Waals surface area contributed by atoms with Gasteiger partial charge in [0.2, 0.25) is 0 Å². The molecule has 0 unspecified atom stereocenters. The van der Waals surface area contributed by atoms with E-state index < -0.39 is 0 Å². The van der Waals surface area contributed by atoms with Gasteiger partial charge in [-0.2, -0.15) is 0 Å². The van der Waals surface area contributed by atoms with Gasteiger partial charge in [-0.3, -0.25) is 0 Å². The Bertz CT molecular complexity index is 722. The van der Waals surface area contributed by atoms with Gasteiger partial charge in [-0.05, 0) is 55.2 Å². The first kappa shape index (κ1) is 16.2. The molecule has 2 aromatic carbocycles. The third kappa shape index (κ3) is 3.39. The molecule has 1 saturated heterocycles. The SMILES string of the molecule is Nc1ccc(CCN2CCC3(CC2)Sc2ccc(N)cc2S3)cc1. The molecule has 4 N–H and O–H groups in total. The highest BCUT2D eigenvalue weighted by atomic mass is 32.2. The van der Waals surface area contributed by atoms with Gasteiger partial charge in [0, 0.05) is 40.8 Å². The van der Waals surface area contributed by atoms with E-state index in [1.165, 1.54) is 41.3 Å². The zero-order valence-corrected chi connectivity index (χ0v) is 15.3. The first-order valence-corrected chi connectivity index (χ1v) is 10.1. The summed E-state index contributed by atoms with van der Waals surface area (Å²) < 4.78 is 0.327. The van der Waals surface area contributed by atoms with Crippen LogP contribution in [0, 0.1) is 0 Å². The van der Waals surface area contributed by atoms with Crippen LogP contribution in [-0.4, -0.2) is 28.6 Å². The highest BCUT2D eigenvalue weighted by Crippen LogP contribution is 2.60. The molecular formula is C19H23N3S2. The number of likely N-dealkylation sites (tertiary alicyclic amines) is 1. The normalized spacial score (nSPS) is 19.5. The average Bonchev–Trinajstić information content (AvgIpc) is 2.93. The van der Waals surface area contributed by atoms with E-state index in [2.05, 4.69) is 40.9 Å².